The maximum atomic E-state index is 13.9. The molecule has 2 saturated heterocycles. The highest BCUT2D eigenvalue weighted by atomic mass is 32.2. The Morgan fingerprint density at radius 3 is 2.46 bits per heavy atom. The van der Waals surface area contributed by atoms with Crippen LogP contribution < -0.4 is 0 Å². The molecule has 8 atom stereocenters. The van der Waals surface area contributed by atoms with E-state index in [-0.39, 0.29) is 41.6 Å². The van der Waals surface area contributed by atoms with Crippen LogP contribution >= 0.6 is 11.8 Å². The zero-order valence-electron chi connectivity index (χ0n) is 31.1. The molecule has 3 rings (SSSR count). The summed E-state index contributed by atoms with van der Waals surface area (Å²) in [5.41, 5.74) is 0.921. The van der Waals surface area contributed by atoms with E-state index >= 15 is 0 Å². The van der Waals surface area contributed by atoms with Crippen molar-refractivity contribution in [2.75, 3.05) is 26.7 Å². The lowest BCUT2D eigenvalue weighted by molar-refractivity contribution is -0.155. The van der Waals surface area contributed by atoms with Crippen LogP contribution in [0.15, 0.2) is 16.7 Å². The van der Waals surface area contributed by atoms with Crippen molar-refractivity contribution >= 4 is 37.7 Å². The third-order valence-electron chi connectivity index (χ3n) is 11.1. The standard InChI is InChI=1S/C36H63N3O5SSi/c1-24-15-14-16-36(7)30(39(36)23-43-17-18-46(11,12)13)21-29(25(2)19-28-20-32(45-10)38(8)37-28)44-33(40)22-31(42-9)35(5,6)34(41)27(4)26(24)3/h19-20,24,26-27,29-31H,14-18,21-23H2,1-13H3/b25-19+/t24-,26-,27+,29-,30-,31-,36+,39?/m0/s1. The minimum Gasteiger partial charge on any atom is -0.458 e. The first-order chi connectivity index (χ1) is 21.3. The van der Waals surface area contributed by atoms with Gasteiger partial charge in [-0.05, 0) is 62.1 Å². The number of carbonyl (C=O) groups is 2. The van der Waals surface area contributed by atoms with Gasteiger partial charge in [-0.15, -0.1) is 11.8 Å². The summed E-state index contributed by atoms with van der Waals surface area (Å²) in [5.74, 6) is 0.274. The molecular formula is C36H63N3O5SSi. The Morgan fingerprint density at radius 2 is 1.87 bits per heavy atom. The first kappa shape index (κ1) is 39.0. The summed E-state index contributed by atoms with van der Waals surface area (Å²) in [7, 11) is 2.33. The number of ketones is 1. The molecule has 0 saturated carbocycles. The second kappa shape index (κ2) is 15.8. The zero-order chi connectivity index (χ0) is 34.6. The molecule has 0 aromatic carbocycles. The van der Waals surface area contributed by atoms with Crippen molar-refractivity contribution in [1.82, 2.24) is 14.7 Å². The van der Waals surface area contributed by atoms with E-state index in [0.717, 1.165) is 48.2 Å². The molecular weight excluding hydrogens is 615 g/mol. The number of thioether (sulfide) groups is 1. The summed E-state index contributed by atoms with van der Waals surface area (Å²) < 4.78 is 20.3. The van der Waals surface area contributed by atoms with Gasteiger partial charge in [-0.25, -0.2) is 0 Å². The van der Waals surface area contributed by atoms with Gasteiger partial charge in [-0.1, -0.05) is 67.1 Å². The fourth-order valence-corrected chi connectivity index (χ4v) is 8.45. The minimum atomic E-state index is -1.20. The van der Waals surface area contributed by atoms with Crippen LogP contribution in [-0.4, -0.2) is 85.0 Å². The van der Waals surface area contributed by atoms with Gasteiger partial charge >= 0.3 is 5.97 Å². The van der Waals surface area contributed by atoms with E-state index in [1.54, 1.807) is 18.9 Å². The summed E-state index contributed by atoms with van der Waals surface area (Å²) in [5, 5.41) is 5.74. The molecule has 0 amide bonds. The summed E-state index contributed by atoms with van der Waals surface area (Å²) in [4.78, 5) is 30.1. The number of hydrogen-bond donors (Lipinski definition) is 0. The molecule has 1 aromatic heterocycles. The molecule has 2 aliphatic heterocycles. The zero-order valence-corrected chi connectivity index (χ0v) is 32.9. The molecule has 3 heterocycles. The Hall–Kier alpha value is -1.46. The number of aryl methyl sites for hydroxylation is 1. The normalized spacial score (nSPS) is 33.4. The topological polar surface area (TPSA) is 82.7 Å². The van der Waals surface area contributed by atoms with Crippen LogP contribution in [0, 0.1) is 23.2 Å². The van der Waals surface area contributed by atoms with Gasteiger partial charge in [0, 0.05) is 52.8 Å². The number of aromatic nitrogens is 2. The Balaban J connectivity index is 1.96. The highest BCUT2D eigenvalue weighted by molar-refractivity contribution is 7.98. The van der Waals surface area contributed by atoms with E-state index in [4.69, 9.17) is 14.2 Å². The lowest BCUT2D eigenvalue weighted by Crippen LogP contribution is -2.45. The van der Waals surface area contributed by atoms with E-state index < -0.39 is 25.7 Å². The molecule has 46 heavy (non-hydrogen) atoms. The molecule has 0 aliphatic carbocycles. The first-order valence-corrected chi connectivity index (χ1v) is 22.2. The number of cyclic esters (lactones) is 1. The van der Waals surface area contributed by atoms with Crippen molar-refractivity contribution in [1.29, 1.82) is 0 Å². The molecule has 0 spiro atoms. The van der Waals surface area contributed by atoms with Gasteiger partial charge in [0.25, 0.3) is 0 Å². The fraction of sp³-hybridized carbons (Fsp3) is 0.806. The van der Waals surface area contributed by atoms with Crippen molar-refractivity contribution in [2.45, 2.75) is 135 Å². The van der Waals surface area contributed by atoms with E-state index in [2.05, 4.69) is 56.5 Å². The SMILES string of the molecule is CO[C@H]1CC(=O)O[C@H](/C(C)=C/c2cc(SC)n(C)n2)C[C@@H]2N(COCC[Si](C)(C)C)[C@]2(C)CCC[C@H](C)[C@H](C)[C@@H](C)C(=O)C1(C)C. The number of ether oxygens (including phenoxy) is 3. The van der Waals surface area contributed by atoms with Gasteiger partial charge in [0.1, 0.15) is 11.9 Å². The first-order valence-electron chi connectivity index (χ1n) is 17.2. The molecule has 0 N–H and O–H groups in total. The van der Waals surface area contributed by atoms with E-state index in [1.165, 1.54) is 0 Å². The molecule has 2 fully saturated rings. The molecule has 0 bridgehead atoms. The largest absolute Gasteiger partial charge is 0.458 e. The second-order valence-electron chi connectivity index (χ2n) is 16.1. The van der Waals surface area contributed by atoms with Crippen LogP contribution in [0.25, 0.3) is 6.08 Å². The Labute approximate surface area is 284 Å². The third kappa shape index (κ3) is 9.58. The minimum absolute atomic E-state index is 0.0152. The number of hydrogen-bond acceptors (Lipinski definition) is 8. The lowest BCUT2D eigenvalue weighted by atomic mass is 9.70. The van der Waals surface area contributed by atoms with Crippen LogP contribution in [0.1, 0.15) is 86.3 Å². The van der Waals surface area contributed by atoms with E-state index in [1.807, 2.05) is 51.8 Å². The lowest BCUT2D eigenvalue weighted by Gasteiger charge is -2.36. The third-order valence-corrected chi connectivity index (χ3v) is 13.6. The average Bonchev–Trinajstić information content (AvgIpc) is 3.33. The predicted molar refractivity (Wildman–Crippen MR) is 192 cm³/mol. The van der Waals surface area contributed by atoms with E-state index in [0.29, 0.717) is 19.1 Å². The number of rotatable bonds is 9. The van der Waals surface area contributed by atoms with Gasteiger partial charge in [-0.2, -0.15) is 5.10 Å². The number of carbonyl (C=O) groups excluding carboxylic acids is 2. The van der Waals surface area contributed by atoms with Crippen molar-refractivity contribution in [3.05, 3.63) is 17.3 Å². The summed E-state index contributed by atoms with van der Waals surface area (Å²) in [6.07, 6.45) is 6.91. The van der Waals surface area contributed by atoms with Crippen molar-refractivity contribution < 1.29 is 23.8 Å². The van der Waals surface area contributed by atoms with Crippen molar-refractivity contribution in [3.63, 3.8) is 0 Å². The number of esters is 1. The number of Topliss-reactive ketones (excluding diaryl/α,β-unsaturated/α-hetero) is 1. The molecule has 262 valence electrons. The van der Waals surface area contributed by atoms with Crippen LogP contribution in [0.5, 0.6) is 0 Å². The Morgan fingerprint density at radius 1 is 1.20 bits per heavy atom. The van der Waals surface area contributed by atoms with Crippen molar-refractivity contribution in [2.24, 2.45) is 30.2 Å². The van der Waals surface area contributed by atoms with E-state index in [9.17, 15) is 9.59 Å². The molecule has 10 heteroatoms. The van der Waals surface area contributed by atoms with Crippen molar-refractivity contribution in [3.8, 4) is 0 Å². The number of nitrogens with zero attached hydrogens (tertiary/aromatic N) is 3. The molecule has 1 aromatic rings. The van der Waals surface area contributed by atoms with Gasteiger partial charge in [0.05, 0.1) is 35.4 Å². The molecule has 8 nitrogen and oxygen atoms in total. The summed E-state index contributed by atoms with van der Waals surface area (Å²) >= 11 is 1.65. The number of fused-ring (bicyclic) bond motifs is 1. The summed E-state index contributed by atoms with van der Waals surface area (Å²) in [6, 6.07) is 3.42. The van der Waals surface area contributed by atoms with Crippen LogP contribution in [0.2, 0.25) is 25.7 Å². The Kier molecular flexibility index (Phi) is 13.4. The fourth-order valence-electron chi connectivity index (χ4n) is 7.15. The predicted octanol–water partition coefficient (Wildman–Crippen LogP) is 7.70. The highest BCUT2D eigenvalue weighted by Crippen LogP contribution is 2.48. The van der Waals surface area contributed by atoms with Gasteiger partial charge in [0.15, 0.2) is 0 Å². The second-order valence-corrected chi connectivity index (χ2v) is 22.5. The molecule has 2 aliphatic rings. The molecule has 1 unspecified atom stereocenters. The maximum absolute atomic E-state index is 13.9. The Bertz CT molecular complexity index is 1230. The smallest absolute Gasteiger partial charge is 0.309 e. The van der Waals surface area contributed by atoms with Gasteiger partial charge in [-0.3, -0.25) is 19.2 Å². The monoisotopic (exact) mass is 677 g/mol. The highest BCUT2D eigenvalue weighted by Gasteiger charge is 2.59. The average molecular weight is 678 g/mol. The summed E-state index contributed by atoms with van der Waals surface area (Å²) in [6.45, 7) is 23.2. The van der Waals surface area contributed by atoms with Gasteiger partial charge in [0.2, 0.25) is 0 Å². The van der Waals surface area contributed by atoms with Crippen LogP contribution in [-0.2, 0) is 30.8 Å². The van der Waals surface area contributed by atoms with Crippen LogP contribution in [0.3, 0.4) is 0 Å². The van der Waals surface area contributed by atoms with Crippen LogP contribution in [0.4, 0.5) is 0 Å². The quantitative estimate of drug-likeness (QED) is 0.0865. The maximum Gasteiger partial charge on any atom is 0.309 e. The molecule has 0 radical (unpaired) electrons. The number of methoxy groups -OCH3 is 1. The van der Waals surface area contributed by atoms with Gasteiger partial charge < -0.3 is 14.2 Å².